The molecule has 0 aromatic heterocycles. The maximum Gasteiger partial charge on any atom is 0.296 e. The van der Waals surface area contributed by atoms with Gasteiger partial charge in [-0.25, -0.2) is 0 Å². The fourth-order valence-corrected chi connectivity index (χ4v) is 6.98. The van der Waals surface area contributed by atoms with Crippen molar-refractivity contribution in [3.05, 3.63) is 130 Å². The number of nitrogens with one attached hydrogen (secondary N) is 3. The molecule has 5 aromatic rings. The number of hydrogen-bond donors (Lipinski definition) is 6. The molecule has 0 fully saturated rings. The Bertz CT molecular complexity index is 2770. The maximum absolute atomic E-state index is 13.8. The number of amides is 2. The van der Waals surface area contributed by atoms with Crippen LogP contribution in [0, 0.1) is 0 Å². The molecule has 0 heterocycles. The molecule has 0 unspecified atom stereocenters. The van der Waals surface area contributed by atoms with Crippen molar-refractivity contribution in [1.29, 1.82) is 0 Å². The zero-order chi connectivity index (χ0) is 38.3. The first kappa shape index (κ1) is 36.7. The zero-order valence-electron chi connectivity index (χ0n) is 26.6. The Balaban J connectivity index is 1.27. The van der Waals surface area contributed by atoms with Crippen LogP contribution in [-0.2, 0) is 30.4 Å². The Hall–Kier alpha value is -6.09. The van der Waals surface area contributed by atoms with Crippen molar-refractivity contribution in [1.82, 2.24) is 0 Å². The van der Waals surface area contributed by atoms with E-state index in [1.807, 2.05) is 0 Å². The minimum absolute atomic E-state index is 0.123. The summed E-state index contributed by atoms with van der Waals surface area (Å²) in [7, 11) is -14.5. The predicted octanol–water partition coefficient (Wildman–Crippen LogP) is 4.73. The smallest absolute Gasteiger partial charge is 0.296 e. The molecule has 270 valence electrons. The van der Waals surface area contributed by atoms with Gasteiger partial charge >= 0.3 is 0 Å². The third kappa shape index (κ3) is 8.04. The number of rotatable bonds is 9. The maximum atomic E-state index is 13.8. The van der Waals surface area contributed by atoms with Crippen molar-refractivity contribution in [3.8, 4) is 0 Å². The molecule has 0 saturated heterocycles. The lowest BCUT2D eigenvalue weighted by atomic mass is 9.92. The summed E-state index contributed by atoms with van der Waals surface area (Å²) in [5, 5.41) is 10.1. The van der Waals surface area contributed by atoms with Crippen LogP contribution in [0.3, 0.4) is 0 Å². The number of hydrazone groups is 1. The van der Waals surface area contributed by atoms with Gasteiger partial charge < -0.3 is 10.6 Å². The molecule has 0 spiro atoms. The molecule has 0 bridgehead atoms. The average molecular weight is 777 g/mol. The van der Waals surface area contributed by atoms with Gasteiger partial charge in [-0.15, -0.1) is 0 Å². The van der Waals surface area contributed by atoms with E-state index >= 15 is 0 Å². The van der Waals surface area contributed by atoms with Crippen molar-refractivity contribution in [2.45, 2.75) is 9.79 Å². The molecule has 0 aliphatic heterocycles. The summed E-state index contributed by atoms with van der Waals surface area (Å²) in [4.78, 5) is 37.7. The third-order valence-electron chi connectivity index (χ3n) is 7.78. The summed E-state index contributed by atoms with van der Waals surface area (Å²) >= 11 is 0. The van der Waals surface area contributed by atoms with E-state index in [0.717, 1.165) is 18.2 Å². The Morgan fingerprint density at radius 2 is 1.17 bits per heavy atom. The van der Waals surface area contributed by atoms with Crippen molar-refractivity contribution < 1.29 is 53.3 Å². The van der Waals surface area contributed by atoms with Gasteiger partial charge in [0.25, 0.3) is 42.2 Å². The van der Waals surface area contributed by atoms with Gasteiger partial charge in [-0.2, -0.15) is 30.4 Å². The lowest BCUT2D eigenvalue weighted by molar-refractivity contribution is 0.101. The molecule has 5 aromatic carbocycles. The lowest BCUT2D eigenvalue weighted by Crippen LogP contribution is -2.29. The van der Waals surface area contributed by atoms with Gasteiger partial charge in [0.05, 0.1) is 26.7 Å². The Labute approximate surface area is 301 Å². The predicted molar refractivity (Wildman–Crippen MR) is 194 cm³/mol. The summed E-state index contributed by atoms with van der Waals surface area (Å²) in [6.45, 7) is 0. The topological polar surface area (TPSA) is 263 Å². The third-order valence-corrected chi connectivity index (χ3v) is 10.3. The first-order chi connectivity index (χ1) is 24.9. The molecule has 1 aliphatic rings. The number of allylic oxidation sites excluding steroid dienone is 1. The van der Waals surface area contributed by atoms with E-state index in [1.165, 1.54) is 60.7 Å². The van der Waals surface area contributed by atoms with Crippen LogP contribution in [0.25, 0.3) is 16.8 Å². The van der Waals surface area contributed by atoms with E-state index in [4.69, 9.17) is 0 Å². The van der Waals surface area contributed by atoms with Crippen LogP contribution in [0.15, 0.2) is 123 Å². The lowest BCUT2D eigenvalue weighted by Gasteiger charge is -2.20. The molecule has 53 heavy (non-hydrogen) atoms. The summed E-state index contributed by atoms with van der Waals surface area (Å²) < 4.78 is 101. The number of nitrogens with zero attached hydrogens (tertiary/aromatic N) is 1. The van der Waals surface area contributed by atoms with E-state index in [1.54, 1.807) is 30.3 Å². The number of carbonyl (C=O) groups excluding carboxylic acids is 3. The first-order valence-corrected chi connectivity index (χ1v) is 19.2. The molecule has 6 rings (SSSR count). The number of Topliss-reactive ketones (excluding diaryl/α,β-unsaturated/α-hetero) is 1. The van der Waals surface area contributed by atoms with E-state index in [2.05, 4.69) is 21.2 Å². The van der Waals surface area contributed by atoms with E-state index in [0.29, 0.717) is 16.5 Å². The monoisotopic (exact) mass is 776 g/mol. The number of ketones is 1. The number of fused-ring (bicyclic) bond motifs is 2. The summed E-state index contributed by atoms with van der Waals surface area (Å²) in [6, 6.07) is 23.4. The molecule has 6 N–H and O–H groups in total. The Kier molecular flexibility index (Phi) is 9.55. The highest BCUT2D eigenvalue weighted by molar-refractivity contribution is 7.91. The molecular formula is C34H24N4O12S3. The number of carbonyl (C=O) groups is 3. The highest BCUT2D eigenvalue weighted by Gasteiger charge is 2.36. The first-order valence-electron chi connectivity index (χ1n) is 14.9. The summed E-state index contributed by atoms with van der Waals surface area (Å²) in [5.74, 6) is -2.46. The van der Waals surface area contributed by atoms with Crippen LogP contribution in [0.5, 0.6) is 0 Å². The minimum atomic E-state index is -5.17. The van der Waals surface area contributed by atoms with Crippen LogP contribution in [0.1, 0.15) is 36.6 Å². The summed E-state index contributed by atoms with van der Waals surface area (Å²) in [6.07, 6.45) is 0.757. The SMILES string of the molecule is O=C(Nc1ccc2cc(S(=O)(=O)O)ccc2c1)c1ccc(NN=C2C(=O)c3c(cc(S(=O)(=O)O)cc3NC(=O)c3ccccc3)C=C2S(=O)(=O)O)cc1. The quantitative estimate of drug-likeness (QED) is 0.0875. The molecule has 1 aliphatic carbocycles. The van der Waals surface area contributed by atoms with E-state index in [9.17, 15) is 53.3 Å². The van der Waals surface area contributed by atoms with Gasteiger partial charge in [-0.1, -0.05) is 30.3 Å². The van der Waals surface area contributed by atoms with Gasteiger partial charge in [0, 0.05) is 16.8 Å². The molecule has 19 heteroatoms. The van der Waals surface area contributed by atoms with Gasteiger partial charge in [-0.05, 0) is 95.2 Å². The molecule has 2 amide bonds. The van der Waals surface area contributed by atoms with Crippen LogP contribution < -0.4 is 16.1 Å². The Morgan fingerprint density at radius 1 is 0.585 bits per heavy atom. The fraction of sp³-hybridized carbons (Fsp3) is 0. The highest BCUT2D eigenvalue weighted by atomic mass is 32.2. The van der Waals surface area contributed by atoms with Crippen LogP contribution >= 0.6 is 0 Å². The fourth-order valence-electron chi connectivity index (χ4n) is 5.26. The molecule has 16 nitrogen and oxygen atoms in total. The minimum Gasteiger partial charge on any atom is -0.322 e. The second-order valence-corrected chi connectivity index (χ2v) is 15.6. The molecule has 0 saturated carbocycles. The molecule has 0 atom stereocenters. The van der Waals surface area contributed by atoms with Crippen molar-refractivity contribution in [2.24, 2.45) is 5.10 Å². The number of benzene rings is 5. The summed E-state index contributed by atoms with van der Waals surface area (Å²) in [5.41, 5.74) is 1.30. The zero-order valence-corrected chi connectivity index (χ0v) is 29.0. The van der Waals surface area contributed by atoms with E-state index < -0.39 is 74.7 Å². The van der Waals surface area contributed by atoms with Crippen molar-refractivity contribution >= 4 is 87.6 Å². The van der Waals surface area contributed by atoms with Gasteiger partial charge in [0.15, 0.2) is 5.71 Å². The highest BCUT2D eigenvalue weighted by Crippen LogP contribution is 2.34. The molecule has 0 radical (unpaired) electrons. The largest absolute Gasteiger partial charge is 0.322 e. The van der Waals surface area contributed by atoms with Crippen molar-refractivity contribution in [3.63, 3.8) is 0 Å². The van der Waals surface area contributed by atoms with Crippen LogP contribution in [-0.4, -0.2) is 62.2 Å². The van der Waals surface area contributed by atoms with E-state index in [-0.39, 0.29) is 27.3 Å². The standard InChI is InChI=1S/C34H24N4O12S3/c39-32-30-23(16-27(52(45,46)47)18-28(30)36-34(41)19-4-2-1-3-5-19)17-29(53(48,49)50)31(32)38-37-24-10-6-20(7-11-24)33(40)35-25-12-8-22-15-26(51(42,43)44)13-9-21(22)14-25/h1-18,37H,(H,35,40)(H,36,41)(H,42,43,44)(H,45,46,47)(H,48,49,50). The second-order valence-electron chi connectivity index (χ2n) is 11.3. The average Bonchev–Trinajstić information content (AvgIpc) is 3.10. The Morgan fingerprint density at radius 3 is 1.81 bits per heavy atom. The van der Waals surface area contributed by atoms with Crippen LogP contribution in [0.2, 0.25) is 0 Å². The van der Waals surface area contributed by atoms with Gasteiger partial charge in [0.2, 0.25) is 5.78 Å². The number of hydrogen-bond acceptors (Lipinski definition) is 11. The van der Waals surface area contributed by atoms with Crippen molar-refractivity contribution in [2.75, 3.05) is 16.1 Å². The van der Waals surface area contributed by atoms with Crippen LogP contribution in [0.4, 0.5) is 17.1 Å². The number of anilines is 3. The van der Waals surface area contributed by atoms with Gasteiger partial charge in [0.1, 0.15) is 4.91 Å². The normalized spacial score (nSPS) is 14.0. The molecular weight excluding hydrogens is 753 g/mol. The van der Waals surface area contributed by atoms with Gasteiger partial charge in [-0.3, -0.25) is 33.5 Å². The second kappa shape index (κ2) is 13.8.